The van der Waals surface area contributed by atoms with Gasteiger partial charge in [-0.05, 0) is 49.4 Å². The summed E-state index contributed by atoms with van der Waals surface area (Å²) in [5.74, 6) is 0.497. The Kier molecular flexibility index (Phi) is 4.52. The number of nitrogens with one attached hydrogen (secondary N) is 1. The van der Waals surface area contributed by atoms with Crippen molar-refractivity contribution >= 4 is 21.6 Å². The first-order valence-electron chi connectivity index (χ1n) is 7.28. The zero-order valence-electron chi connectivity index (χ0n) is 12.1. The molecule has 2 heterocycles. The van der Waals surface area contributed by atoms with Crippen molar-refractivity contribution in [3.05, 3.63) is 47.5 Å². The Hall–Kier alpha value is -1.37. The number of halogens is 1. The highest BCUT2D eigenvalue weighted by atomic mass is 35.5. The molecule has 1 aliphatic heterocycles. The van der Waals surface area contributed by atoms with Crippen molar-refractivity contribution in [3.63, 3.8) is 0 Å². The molecule has 1 fully saturated rings. The summed E-state index contributed by atoms with van der Waals surface area (Å²) in [6.45, 7) is 1.12. The number of rotatable bonds is 4. The summed E-state index contributed by atoms with van der Waals surface area (Å²) in [4.78, 5) is 7.43. The molecule has 0 saturated carbocycles. The molecule has 3 rings (SSSR count). The minimum atomic E-state index is -3.41. The quantitative estimate of drug-likeness (QED) is 0.931. The Morgan fingerprint density at radius 3 is 2.50 bits per heavy atom. The Morgan fingerprint density at radius 1 is 1.23 bits per heavy atom. The molecule has 0 aliphatic carbocycles. The smallest absolute Gasteiger partial charge is 0.243 e. The van der Waals surface area contributed by atoms with Crippen LogP contribution in [0.2, 0.25) is 5.02 Å². The fraction of sp³-hybridized carbons (Fsp3) is 0.400. The number of sulfonamides is 1. The van der Waals surface area contributed by atoms with Crippen LogP contribution in [-0.4, -0.2) is 35.8 Å². The van der Waals surface area contributed by atoms with Gasteiger partial charge in [0.05, 0.1) is 11.2 Å². The van der Waals surface area contributed by atoms with Crippen LogP contribution in [0.25, 0.3) is 0 Å². The Bertz CT molecular complexity index is 706. The molecular formula is C15H18ClN3O2S. The van der Waals surface area contributed by atoms with Gasteiger partial charge in [0.25, 0.3) is 0 Å². The van der Waals surface area contributed by atoms with Gasteiger partial charge >= 0.3 is 0 Å². The molecule has 2 aromatic rings. The SMILES string of the molecule is O=S(=O)(c1ccc(Cl)cc1)N1CCC(Cc2cnc[nH]2)CC1. The number of hydrogen-bond donors (Lipinski definition) is 1. The zero-order valence-corrected chi connectivity index (χ0v) is 13.6. The number of aromatic nitrogens is 2. The monoisotopic (exact) mass is 339 g/mol. The molecule has 1 saturated heterocycles. The van der Waals surface area contributed by atoms with Crippen LogP contribution in [0.15, 0.2) is 41.7 Å². The molecule has 0 radical (unpaired) electrons. The maximum absolute atomic E-state index is 12.6. The van der Waals surface area contributed by atoms with E-state index in [1.54, 1.807) is 34.9 Å². The van der Waals surface area contributed by atoms with Crippen molar-refractivity contribution in [3.8, 4) is 0 Å². The molecule has 22 heavy (non-hydrogen) atoms. The van der Waals surface area contributed by atoms with E-state index in [2.05, 4.69) is 9.97 Å². The number of aromatic amines is 1. The average molecular weight is 340 g/mol. The Morgan fingerprint density at radius 2 is 1.91 bits per heavy atom. The van der Waals surface area contributed by atoms with E-state index >= 15 is 0 Å². The first-order valence-corrected chi connectivity index (χ1v) is 9.10. The standard InChI is InChI=1S/C15H18ClN3O2S/c16-13-1-3-15(4-2-13)22(20,21)19-7-5-12(6-8-19)9-14-10-17-11-18-14/h1-4,10-12H,5-9H2,(H,17,18). The lowest BCUT2D eigenvalue weighted by atomic mass is 9.93. The van der Waals surface area contributed by atoms with Gasteiger partial charge in [-0.3, -0.25) is 0 Å². The third-order valence-corrected chi connectivity index (χ3v) is 6.25. The van der Waals surface area contributed by atoms with Gasteiger partial charge in [0, 0.05) is 30.0 Å². The van der Waals surface area contributed by atoms with Crippen LogP contribution in [0.4, 0.5) is 0 Å². The normalized spacial score (nSPS) is 17.7. The molecule has 1 N–H and O–H groups in total. The molecule has 0 amide bonds. The van der Waals surface area contributed by atoms with Crippen LogP contribution < -0.4 is 0 Å². The third kappa shape index (κ3) is 3.34. The number of nitrogens with zero attached hydrogens (tertiary/aromatic N) is 2. The average Bonchev–Trinajstić information content (AvgIpc) is 3.01. The number of imidazole rings is 1. The van der Waals surface area contributed by atoms with E-state index in [0.29, 0.717) is 28.9 Å². The van der Waals surface area contributed by atoms with Crippen LogP contribution in [0.1, 0.15) is 18.5 Å². The highest BCUT2D eigenvalue weighted by Gasteiger charge is 2.29. The van der Waals surface area contributed by atoms with E-state index in [-0.39, 0.29) is 0 Å². The first-order chi connectivity index (χ1) is 10.6. The second-order valence-electron chi connectivity index (χ2n) is 5.58. The summed E-state index contributed by atoms with van der Waals surface area (Å²) in [6.07, 6.45) is 6.17. The molecule has 0 unspecified atom stereocenters. The molecular weight excluding hydrogens is 322 g/mol. The number of H-pyrrole nitrogens is 1. The lowest BCUT2D eigenvalue weighted by Gasteiger charge is -2.31. The highest BCUT2D eigenvalue weighted by molar-refractivity contribution is 7.89. The number of benzene rings is 1. The molecule has 0 bridgehead atoms. The molecule has 118 valence electrons. The van der Waals surface area contributed by atoms with Gasteiger partial charge in [-0.2, -0.15) is 4.31 Å². The van der Waals surface area contributed by atoms with Crippen LogP contribution in [0.5, 0.6) is 0 Å². The van der Waals surface area contributed by atoms with Gasteiger partial charge in [-0.25, -0.2) is 13.4 Å². The molecule has 1 aliphatic rings. The third-order valence-electron chi connectivity index (χ3n) is 4.09. The highest BCUT2D eigenvalue weighted by Crippen LogP contribution is 2.26. The summed E-state index contributed by atoms with van der Waals surface area (Å²) < 4.78 is 26.7. The maximum atomic E-state index is 12.6. The molecule has 0 atom stereocenters. The summed E-state index contributed by atoms with van der Waals surface area (Å²) in [5.41, 5.74) is 1.11. The van der Waals surface area contributed by atoms with Crippen molar-refractivity contribution < 1.29 is 8.42 Å². The minimum Gasteiger partial charge on any atom is -0.348 e. The lowest BCUT2D eigenvalue weighted by molar-refractivity contribution is 0.272. The Labute approximate surface area is 135 Å². The fourth-order valence-corrected chi connectivity index (χ4v) is 4.41. The molecule has 7 heteroatoms. The van der Waals surface area contributed by atoms with Gasteiger partial charge < -0.3 is 4.98 Å². The summed E-state index contributed by atoms with van der Waals surface area (Å²) >= 11 is 5.82. The fourth-order valence-electron chi connectivity index (χ4n) is 2.82. The van der Waals surface area contributed by atoms with E-state index < -0.39 is 10.0 Å². The van der Waals surface area contributed by atoms with E-state index in [4.69, 9.17) is 11.6 Å². The maximum Gasteiger partial charge on any atom is 0.243 e. The van der Waals surface area contributed by atoms with Crippen LogP contribution in [0, 0.1) is 5.92 Å². The largest absolute Gasteiger partial charge is 0.348 e. The van der Waals surface area contributed by atoms with Gasteiger partial charge in [-0.1, -0.05) is 11.6 Å². The van der Waals surface area contributed by atoms with Crippen molar-refractivity contribution in [1.29, 1.82) is 0 Å². The van der Waals surface area contributed by atoms with Crippen LogP contribution in [0.3, 0.4) is 0 Å². The predicted octanol–water partition coefficient (Wildman–Crippen LogP) is 2.71. The van der Waals surface area contributed by atoms with Crippen molar-refractivity contribution in [2.75, 3.05) is 13.1 Å². The van der Waals surface area contributed by atoms with Crippen molar-refractivity contribution in [2.45, 2.75) is 24.2 Å². The van der Waals surface area contributed by atoms with E-state index in [1.807, 2.05) is 6.20 Å². The summed E-state index contributed by atoms with van der Waals surface area (Å²) in [7, 11) is -3.41. The number of hydrogen-bond acceptors (Lipinski definition) is 3. The topological polar surface area (TPSA) is 66.1 Å². The van der Waals surface area contributed by atoms with Gasteiger partial charge in [0.2, 0.25) is 10.0 Å². The molecule has 5 nitrogen and oxygen atoms in total. The second kappa shape index (κ2) is 6.40. The first kappa shape index (κ1) is 15.5. The summed E-state index contributed by atoms with van der Waals surface area (Å²) in [5, 5.41) is 0.539. The zero-order chi connectivity index (χ0) is 15.6. The van der Waals surface area contributed by atoms with E-state index in [1.165, 1.54) is 0 Å². The lowest BCUT2D eigenvalue weighted by Crippen LogP contribution is -2.38. The predicted molar refractivity (Wildman–Crippen MR) is 85.2 cm³/mol. The van der Waals surface area contributed by atoms with E-state index in [0.717, 1.165) is 25.0 Å². The Balaban J connectivity index is 1.64. The molecule has 1 aromatic carbocycles. The van der Waals surface area contributed by atoms with Gasteiger partial charge in [0.1, 0.15) is 0 Å². The van der Waals surface area contributed by atoms with Crippen LogP contribution >= 0.6 is 11.6 Å². The molecule has 1 aromatic heterocycles. The second-order valence-corrected chi connectivity index (χ2v) is 7.96. The molecule has 0 spiro atoms. The van der Waals surface area contributed by atoms with Gasteiger partial charge in [0.15, 0.2) is 0 Å². The van der Waals surface area contributed by atoms with Crippen molar-refractivity contribution in [1.82, 2.24) is 14.3 Å². The van der Waals surface area contributed by atoms with E-state index in [9.17, 15) is 8.42 Å². The summed E-state index contributed by atoms with van der Waals surface area (Å²) in [6, 6.07) is 6.35. The van der Waals surface area contributed by atoms with Crippen molar-refractivity contribution in [2.24, 2.45) is 5.92 Å². The number of piperidine rings is 1. The van der Waals surface area contributed by atoms with Gasteiger partial charge in [-0.15, -0.1) is 0 Å². The minimum absolute atomic E-state index is 0.309. The van der Waals surface area contributed by atoms with Crippen LogP contribution in [-0.2, 0) is 16.4 Å².